The molecule has 1 atom stereocenters. The first-order valence-corrected chi connectivity index (χ1v) is 12.8. The van der Waals surface area contributed by atoms with E-state index in [2.05, 4.69) is 35.5 Å². The van der Waals surface area contributed by atoms with E-state index in [-0.39, 0.29) is 24.9 Å². The van der Waals surface area contributed by atoms with Crippen molar-refractivity contribution in [2.45, 2.75) is 12.6 Å². The fourth-order valence-electron chi connectivity index (χ4n) is 4.52. The Morgan fingerprint density at radius 3 is 2.92 bits per heavy atom. The maximum Gasteiger partial charge on any atom is 0.246 e. The molecule has 3 N–H and O–H groups in total. The van der Waals surface area contributed by atoms with Gasteiger partial charge in [-0.1, -0.05) is 6.07 Å². The summed E-state index contributed by atoms with van der Waals surface area (Å²) in [4.78, 5) is 25.5. The predicted octanol–water partition coefficient (Wildman–Crippen LogP) is 2.47. The van der Waals surface area contributed by atoms with Crippen LogP contribution in [0.4, 0.5) is 26.0 Å². The summed E-state index contributed by atoms with van der Waals surface area (Å²) in [5.41, 5.74) is 1.04. The lowest BCUT2D eigenvalue weighted by atomic mass is 10.2. The standard InChI is InChI=1S/C27H30F2N8O3/c1-35-7-8-36(14-19(35)16-38)9-10-40-20-5-6-21-24(11-20)30-17-31-27(21)33-18-12-32-37(13-18)15-25(39)34-23-4-2-3-22(28)26(23)29/h2-6,11-13,17,19,38H,7-10,14-16H2,1H3,(H,34,39)(H,30,31,33). The molecule has 1 unspecified atom stereocenters. The summed E-state index contributed by atoms with van der Waals surface area (Å²) in [6.45, 7) is 3.88. The van der Waals surface area contributed by atoms with Crippen LogP contribution in [0, 0.1) is 11.6 Å². The maximum absolute atomic E-state index is 13.8. The van der Waals surface area contributed by atoms with Gasteiger partial charge in [-0.3, -0.25) is 19.3 Å². The molecule has 210 valence electrons. The van der Waals surface area contributed by atoms with Gasteiger partial charge in [-0.05, 0) is 31.3 Å². The molecule has 3 heterocycles. The Morgan fingerprint density at radius 2 is 2.08 bits per heavy atom. The molecule has 11 nitrogen and oxygen atoms in total. The summed E-state index contributed by atoms with van der Waals surface area (Å²) in [5, 5.41) is 20.0. The smallest absolute Gasteiger partial charge is 0.246 e. The summed E-state index contributed by atoms with van der Waals surface area (Å²) in [6, 6.07) is 9.29. The number of carbonyl (C=O) groups excluding carboxylic acids is 1. The van der Waals surface area contributed by atoms with Crippen molar-refractivity contribution in [2.24, 2.45) is 0 Å². The molecule has 1 fully saturated rings. The second kappa shape index (κ2) is 12.3. The van der Waals surface area contributed by atoms with E-state index in [1.54, 1.807) is 6.20 Å². The van der Waals surface area contributed by atoms with Gasteiger partial charge in [0.15, 0.2) is 11.6 Å². The third-order valence-corrected chi connectivity index (χ3v) is 6.78. The predicted molar refractivity (Wildman–Crippen MR) is 145 cm³/mol. The SMILES string of the molecule is CN1CCN(CCOc2ccc3c(Nc4cnn(CC(=O)Nc5cccc(F)c5F)c4)ncnc3c2)CC1CO. The van der Waals surface area contributed by atoms with Crippen LogP contribution in [0.15, 0.2) is 55.1 Å². The number of piperazine rings is 1. The summed E-state index contributed by atoms with van der Waals surface area (Å²) in [7, 11) is 2.03. The van der Waals surface area contributed by atoms with E-state index >= 15 is 0 Å². The van der Waals surface area contributed by atoms with Gasteiger partial charge in [-0.15, -0.1) is 0 Å². The van der Waals surface area contributed by atoms with Crippen molar-refractivity contribution in [3.63, 3.8) is 0 Å². The third-order valence-electron chi connectivity index (χ3n) is 6.78. The van der Waals surface area contributed by atoms with Gasteiger partial charge in [0.2, 0.25) is 5.91 Å². The number of rotatable bonds is 10. The van der Waals surface area contributed by atoms with E-state index in [1.165, 1.54) is 29.3 Å². The van der Waals surface area contributed by atoms with Crippen LogP contribution in [0.25, 0.3) is 10.9 Å². The fraction of sp³-hybridized carbons (Fsp3) is 0.333. The molecule has 13 heteroatoms. The maximum atomic E-state index is 13.8. The van der Waals surface area contributed by atoms with Crippen molar-refractivity contribution in [1.29, 1.82) is 0 Å². The third kappa shape index (κ3) is 6.50. The minimum absolute atomic E-state index is 0.141. The van der Waals surface area contributed by atoms with Crippen LogP contribution in [-0.4, -0.2) is 93.0 Å². The number of fused-ring (bicyclic) bond motifs is 1. The van der Waals surface area contributed by atoms with Crippen molar-refractivity contribution in [1.82, 2.24) is 29.5 Å². The number of ether oxygens (including phenoxy) is 1. The number of halogens is 2. The molecule has 2 aromatic carbocycles. The molecule has 1 aliphatic heterocycles. The average molecular weight is 553 g/mol. The Bertz CT molecular complexity index is 1480. The van der Waals surface area contributed by atoms with Gasteiger partial charge in [0.25, 0.3) is 0 Å². The topological polar surface area (TPSA) is 121 Å². The first kappa shape index (κ1) is 27.4. The Morgan fingerprint density at radius 1 is 1.20 bits per heavy atom. The number of hydrogen-bond donors (Lipinski definition) is 3. The molecule has 4 aromatic rings. The zero-order valence-electron chi connectivity index (χ0n) is 21.9. The molecule has 0 aliphatic carbocycles. The van der Waals surface area contributed by atoms with E-state index in [0.29, 0.717) is 29.4 Å². The number of likely N-dealkylation sites (N-methyl/N-ethyl adjacent to an activating group) is 1. The van der Waals surface area contributed by atoms with Crippen LogP contribution in [-0.2, 0) is 11.3 Å². The monoisotopic (exact) mass is 552 g/mol. The van der Waals surface area contributed by atoms with Crippen molar-refractivity contribution >= 4 is 34.0 Å². The molecular formula is C27H30F2N8O3. The summed E-state index contributed by atoms with van der Waals surface area (Å²) in [5.74, 6) is -1.47. The molecule has 0 saturated carbocycles. The van der Waals surface area contributed by atoms with Crippen LogP contribution in [0.2, 0.25) is 0 Å². The molecule has 0 spiro atoms. The number of amides is 1. The highest BCUT2D eigenvalue weighted by Crippen LogP contribution is 2.26. The van der Waals surface area contributed by atoms with E-state index < -0.39 is 17.5 Å². The molecule has 2 aromatic heterocycles. The van der Waals surface area contributed by atoms with Gasteiger partial charge < -0.3 is 20.5 Å². The molecular weight excluding hydrogens is 522 g/mol. The number of aliphatic hydroxyl groups is 1. The molecule has 1 saturated heterocycles. The first-order chi connectivity index (χ1) is 19.4. The quantitative estimate of drug-likeness (QED) is 0.273. The van der Waals surface area contributed by atoms with Gasteiger partial charge in [0.1, 0.15) is 31.0 Å². The lowest BCUT2D eigenvalue weighted by Crippen LogP contribution is -2.53. The highest BCUT2D eigenvalue weighted by Gasteiger charge is 2.23. The van der Waals surface area contributed by atoms with Gasteiger partial charge in [-0.25, -0.2) is 18.7 Å². The Kier molecular flexibility index (Phi) is 8.43. The minimum atomic E-state index is -1.12. The Hall–Kier alpha value is -4.20. The highest BCUT2D eigenvalue weighted by atomic mass is 19.2. The normalized spacial score (nSPS) is 16.2. The Labute approximate surface area is 229 Å². The largest absolute Gasteiger partial charge is 0.492 e. The molecule has 0 bridgehead atoms. The second-order valence-electron chi connectivity index (χ2n) is 9.57. The zero-order chi connectivity index (χ0) is 28.1. The number of benzene rings is 2. The molecule has 40 heavy (non-hydrogen) atoms. The first-order valence-electron chi connectivity index (χ1n) is 12.8. The fourth-order valence-corrected chi connectivity index (χ4v) is 4.52. The van der Waals surface area contributed by atoms with Crippen molar-refractivity contribution in [3.8, 4) is 5.75 Å². The number of hydrogen-bond acceptors (Lipinski definition) is 9. The number of nitrogens with one attached hydrogen (secondary N) is 2. The number of aliphatic hydroxyl groups excluding tert-OH is 1. The summed E-state index contributed by atoms with van der Waals surface area (Å²) < 4.78 is 34.5. The number of aromatic nitrogens is 4. The minimum Gasteiger partial charge on any atom is -0.492 e. The van der Waals surface area contributed by atoms with E-state index in [9.17, 15) is 18.7 Å². The van der Waals surface area contributed by atoms with Crippen molar-refractivity contribution < 1.29 is 23.4 Å². The molecule has 1 amide bonds. The van der Waals surface area contributed by atoms with E-state index in [1.807, 2.05) is 25.2 Å². The highest BCUT2D eigenvalue weighted by molar-refractivity contribution is 5.92. The van der Waals surface area contributed by atoms with Gasteiger partial charge in [0, 0.05) is 49.9 Å². The van der Waals surface area contributed by atoms with Gasteiger partial charge in [-0.2, -0.15) is 5.10 Å². The lowest BCUT2D eigenvalue weighted by molar-refractivity contribution is -0.116. The average Bonchev–Trinajstić information content (AvgIpc) is 3.38. The number of anilines is 3. The van der Waals surface area contributed by atoms with Crippen molar-refractivity contribution in [3.05, 3.63) is 66.8 Å². The molecule has 0 radical (unpaired) electrons. The van der Waals surface area contributed by atoms with Gasteiger partial charge >= 0.3 is 0 Å². The van der Waals surface area contributed by atoms with E-state index in [0.717, 1.165) is 37.6 Å². The van der Waals surface area contributed by atoms with Crippen molar-refractivity contribution in [2.75, 3.05) is 57.1 Å². The van der Waals surface area contributed by atoms with E-state index in [4.69, 9.17) is 4.74 Å². The van der Waals surface area contributed by atoms with Crippen LogP contribution < -0.4 is 15.4 Å². The van der Waals surface area contributed by atoms with Crippen LogP contribution in [0.3, 0.4) is 0 Å². The molecule has 1 aliphatic rings. The summed E-state index contributed by atoms with van der Waals surface area (Å²) in [6.07, 6.45) is 4.58. The van der Waals surface area contributed by atoms with Crippen LogP contribution in [0.5, 0.6) is 5.75 Å². The van der Waals surface area contributed by atoms with Crippen LogP contribution in [0.1, 0.15) is 0 Å². The van der Waals surface area contributed by atoms with Gasteiger partial charge in [0.05, 0.1) is 29.7 Å². The number of carbonyl (C=O) groups is 1. The summed E-state index contributed by atoms with van der Waals surface area (Å²) >= 11 is 0. The molecule has 5 rings (SSSR count). The number of nitrogens with zero attached hydrogens (tertiary/aromatic N) is 6. The zero-order valence-corrected chi connectivity index (χ0v) is 21.9. The lowest BCUT2D eigenvalue weighted by Gasteiger charge is -2.38. The van der Waals surface area contributed by atoms with Crippen LogP contribution >= 0.6 is 0 Å². The second-order valence-corrected chi connectivity index (χ2v) is 9.57. The Balaban J connectivity index is 1.17.